The van der Waals surface area contributed by atoms with E-state index >= 15 is 0 Å². The number of nitrogens with two attached hydrogens (primary N) is 3. The number of alkyl halides is 2. The monoisotopic (exact) mass is 1490 g/mol. The fourth-order valence-electron chi connectivity index (χ4n) is 10.2. The molecule has 0 atom stereocenters. The van der Waals surface area contributed by atoms with E-state index in [1.165, 1.54) is 11.1 Å². The van der Waals surface area contributed by atoms with Crippen molar-refractivity contribution >= 4 is 81.5 Å². The van der Waals surface area contributed by atoms with Crippen LogP contribution in [0.5, 0.6) is 0 Å². The summed E-state index contributed by atoms with van der Waals surface area (Å²) in [5.74, 6) is 2.77. The third-order valence-electron chi connectivity index (χ3n) is 16.9. The lowest BCUT2D eigenvalue weighted by atomic mass is 10.0. The first-order valence-electron chi connectivity index (χ1n) is 32.7. The minimum absolute atomic E-state index is 0. The quantitative estimate of drug-likeness (QED) is 0.0333. The zero-order valence-corrected chi connectivity index (χ0v) is 62.4. The van der Waals surface area contributed by atoms with Crippen molar-refractivity contribution in [3.8, 4) is 11.3 Å². The Morgan fingerprint density at radius 1 is 0.475 bits per heavy atom. The van der Waals surface area contributed by atoms with Crippen LogP contribution in [0, 0.1) is 0 Å². The molecule has 2 aromatic heterocycles. The highest BCUT2D eigenvalue weighted by molar-refractivity contribution is 6.43. The predicted octanol–water partition coefficient (Wildman–Crippen LogP) is 7.76. The van der Waals surface area contributed by atoms with Crippen molar-refractivity contribution in [2.45, 2.75) is 132 Å². The number of hydrogen-bond acceptors (Lipinski definition) is 24. The number of nitrogen functional groups attached to an aromatic ring is 2. The van der Waals surface area contributed by atoms with Gasteiger partial charge in [-0.25, -0.2) is 0 Å². The molecule has 0 radical (unpaired) electrons. The molecule has 0 amide bonds. The number of hydrogen-bond donors (Lipinski definition) is 10. The molecule has 29 heteroatoms. The molecule has 4 aliphatic heterocycles. The molecule has 24 nitrogen and oxygen atoms in total. The van der Waals surface area contributed by atoms with Crippen LogP contribution in [0.25, 0.3) is 11.3 Å². The molecule has 0 bridgehead atoms. The summed E-state index contributed by atoms with van der Waals surface area (Å²) >= 11 is 29.4. The third kappa shape index (κ3) is 33.0. The molecule has 99 heavy (non-hydrogen) atoms. The Morgan fingerprint density at radius 2 is 0.848 bits per heavy atom. The van der Waals surface area contributed by atoms with Crippen LogP contribution in [0.2, 0.25) is 15.2 Å². The van der Waals surface area contributed by atoms with E-state index in [0.29, 0.717) is 45.0 Å². The Bertz CT molecular complexity index is 2900. The van der Waals surface area contributed by atoms with Gasteiger partial charge in [0, 0.05) is 183 Å². The highest BCUT2D eigenvalue weighted by Gasteiger charge is 2.33. The van der Waals surface area contributed by atoms with Crippen LogP contribution in [-0.2, 0) is 13.1 Å². The number of benzene rings is 3. The molecule has 4 saturated heterocycles. The summed E-state index contributed by atoms with van der Waals surface area (Å²) in [6.45, 7) is 39.3. The fraction of sp³-hybridized carbons (Fsp3) is 0.657. The zero-order valence-electron chi connectivity index (χ0n) is 58.7. The van der Waals surface area contributed by atoms with Crippen LogP contribution in [0.1, 0.15) is 103 Å². The summed E-state index contributed by atoms with van der Waals surface area (Å²) in [4.78, 5) is 26.5. The molecule has 13 N–H and O–H groups in total. The molecular formula is C70H125Cl5N18O6. The summed E-state index contributed by atoms with van der Waals surface area (Å²) in [5.41, 5.74) is 19.8. The molecule has 4 fully saturated rings. The average Bonchev–Trinajstić information content (AvgIpc) is 0.825. The van der Waals surface area contributed by atoms with E-state index < -0.39 is 5.54 Å². The predicted molar refractivity (Wildman–Crippen MR) is 416 cm³/mol. The van der Waals surface area contributed by atoms with Gasteiger partial charge in [0.25, 0.3) is 0 Å². The van der Waals surface area contributed by atoms with Gasteiger partial charge in [-0.1, -0.05) is 130 Å². The number of aliphatic hydroxyl groups excluding tert-OH is 6. The van der Waals surface area contributed by atoms with Crippen molar-refractivity contribution in [2.75, 3.05) is 191 Å². The first-order valence-corrected chi connectivity index (χ1v) is 34.9. The average molecular weight is 1490 g/mol. The summed E-state index contributed by atoms with van der Waals surface area (Å²) in [7, 11) is 1.00. The number of halogens is 5. The summed E-state index contributed by atoms with van der Waals surface area (Å²) in [5, 5.41) is 73.1. The molecule has 0 saturated carbocycles. The number of nitrogens with zero attached hydrogens (tertiary/aromatic N) is 14. The Balaban J connectivity index is 0.00000120. The van der Waals surface area contributed by atoms with Crippen molar-refractivity contribution in [1.82, 2.24) is 65.1 Å². The Morgan fingerprint density at radius 3 is 1.22 bits per heavy atom. The fourth-order valence-corrected chi connectivity index (χ4v) is 11.1. The topological polar surface area (TPSA) is 315 Å². The molecular weight excluding hydrogens is 1370 g/mol. The van der Waals surface area contributed by atoms with Crippen LogP contribution in [-0.4, -0.2) is 288 Å². The number of aromatic nitrogens is 6. The van der Waals surface area contributed by atoms with E-state index in [4.69, 9.17) is 90.5 Å². The molecule has 5 aromatic rings. The van der Waals surface area contributed by atoms with Crippen LogP contribution >= 0.6 is 58.0 Å². The number of anilines is 4. The lowest BCUT2D eigenvalue weighted by Crippen LogP contribution is -2.56. The van der Waals surface area contributed by atoms with E-state index in [1.54, 1.807) is 32.0 Å². The lowest BCUT2D eigenvalue weighted by Gasteiger charge is -2.43. The van der Waals surface area contributed by atoms with E-state index in [2.05, 4.69) is 147 Å². The molecule has 0 spiro atoms. The zero-order chi connectivity index (χ0) is 71.7. The molecule has 3 aromatic carbocycles. The molecule has 6 heterocycles. The van der Waals surface area contributed by atoms with Gasteiger partial charge in [0.15, 0.2) is 16.8 Å². The van der Waals surface area contributed by atoms with E-state index in [1.807, 2.05) is 43.6 Å². The first-order chi connectivity index (χ1) is 45.5. The number of piperazine rings is 4. The largest absolute Gasteiger partial charge is 0.400 e. The highest BCUT2D eigenvalue weighted by Crippen LogP contribution is 2.35. The van der Waals surface area contributed by atoms with Crippen LogP contribution in [0.4, 0.5) is 23.5 Å². The van der Waals surface area contributed by atoms with Gasteiger partial charge in [-0.3, -0.25) is 29.4 Å². The third-order valence-corrected chi connectivity index (χ3v) is 18.3. The van der Waals surface area contributed by atoms with Crippen LogP contribution in [0.3, 0.4) is 0 Å². The van der Waals surface area contributed by atoms with Crippen molar-refractivity contribution in [1.29, 1.82) is 0 Å². The van der Waals surface area contributed by atoms with Gasteiger partial charge in [-0.2, -0.15) is 9.97 Å². The molecule has 9 rings (SSSR count). The molecule has 0 unspecified atom stereocenters. The van der Waals surface area contributed by atoms with Gasteiger partial charge < -0.3 is 63.0 Å². The van der Waals surface area contributed by atoms with Crippen molar-refractivity contribution in [2.24, 2.45) is 5.73 Å². The maximum absolute atomic E-state index is 9.52. The Hall–Kier alpha value is -4.23. The number of rotatable bonds is 20. The summed E-state index contributed by atoms with van der Waals surface area (Å²) < 4.78 is 0. The molecule has 566 valence electrons. The van der Waals surface area contributed by atoms with Crippen LogP contribution < -0.4 is 32.3 Å². The van der Waals surface area contributed by atoms with E-state index in [9.17, 15) is 15.3 Å². The smallest absolute Gasteiger partial charge is 0.247 e. The van der Waals surface area contributed by atoms with Crippen LogP contribution in [0.15, 0.2) is 78.9 Å². The Labute approximate surface area is 619 Å². The van der Waals surface area contributed by atoms with Gasteiger partial charge in [0.05, 0.1) is 43.1 Å². The van der Waals surface area contributed by atoms with Crippen molar-refractivity contribution in [3.05, 3.63) is 105 Å². The van der Waals surface area contributed by atoms with Gasteiger partial charge in [-0.15, -0.1) is 43.6 Å². The van der Waals surface area contributed by atoms with Gasteiger partial charge in [0.1, 0.15) is 5.69 Å². The summed E-state index contributed by atoms with van der Waals surface area (Å²) in [6.07, 6.45) is 0. The SMILES string of the molecule is C.C.C.CC(C)(CO)N1CCN(Cc2ccccc2)CC1.CC(C)(CO)N1CCN(c2nnc(-c3cccc(Cl)c3Cl)c(N)n2)CC1.CC(C)(CO)N1CCN(c2nnc(Cl)c(N)n2)CC1.CC(C)(CO)N1CCNCC1.CC(C)(N)CO.CO.ClCCN(CCCl)Cc1ccccc1. The second kappa shape index (κ2) is 47.9. The maximum atomic E-state index is 9.52. The molecule has 0 aliphatic carbocycles. The van der Waals surface area contributed by atoms with Gasteiger partial charge in [0.2, 0.25) is 11.9 Å². The Kier molecular flexibility index (Phi) is 45.9. The second-order valence-corrected chi connectivity index (χ2v) is 28.7. The van der Waals surface area contributed by atoms with E-state index in [-0.39, 0.29) is 94.3 Å². The minimum Gasteiger partial charge on any atom is -0.400 e. The standard InChI is InChI=1S/C17H22Cl2N6O.C15H24N2O.C11H15Cl2N.C11H19ClN6O.C8H18N2O.C4H11NO.CH4O.3CH4/c1-17(2,10-26)25-8-6-24(7-9-25)16-21-15(20)14(22-23-16)11-4-3-5-12(18)13(11)19;1-15(2,13-18)17-10-8-16(9-11-17)12-14-6-4-3-5-7-14;12-6-8-14(9-7-13)10-11-4-2-1-3-5-11;1-11(2,7-19)18-5-3-17(4-6-18)10-14-9(13)8(12)15-16-10;1-8(2,7-11)10-5-3-9-4-6-10;1-4(2,5)3-6;1-2;;;/h3-5,26H,6-10H2,1-2H3,(H2,20,21,23);3-7,18H,8-13H2,1-2H3;1-5H,6-10H2;19H,3-7H2,1-2H3,(H2,13,14,16);9,11H,3-7H2,1-2H3;6H,3,5H2,1-2H3;2H,1H3;3*1H4. The highest BCUT2D eigenvalue weighted by atomic mass is 35.5. The van der Waals surface area contributed by atoms with Crippen molar-refractivity contribution in [3.63, 3.8) is 0 Å². The second-order valence-electron chi connectivity index (χ2n) is 26.8. The maximum Gasteiger partial charge on any atom is 0.247 e. The lowest BCUT2D eigenvalue weighted by molar-refractivity contribution is 0.0148. The van der Waals surface area contributed by atoms with Gasteiger partial charge in [-0.05, 0) is 86.4 Å². The first kappa shape index (κ1) is 94.8. The van der Waals surface area contributed by atoms with E-state index in [0.717, 1.165) is 138 Å². The van der Waals surface area contributed by atoms with Gasteiger partial charge >= 0.3 is 0 Å². The number of aliphatic hydroxyl groups is 6. The van der Waals surface area contributed by atoms with Crippen molar-refractivity contribution < 1.29 is 30.6 Å². The molecule has 4 aliphatic rings. The minimum atomic E-state index is -0.403. The normalized spacial score (nSPS) is 15.9. The number of nitrogens with one attached hydrogen (secondary N) is 1. The summed E-state index contributed by atoms with van der Waals surface area (Å²) in [6, 6.07) is 26.3.